The number of nitrogens with zero attached hydrogens (tertiary/aromatic N) is 1. The van der Waals surface area contributed by atoms with Crippen molar-refractivity contribution in [2.75, 3.05) is 26.2 Å². The van der Waals surface area contributed by atoms with Crippen LogP contribution in [0.3, 0.4) is 0 Å². The molecule has 1 saturated heterocycles. The second-order valence-corrected chi connectivity index (χ2v) is 6.01. The molecule has 1 amide bonds. The molecule has 1 aliphatic heterocycles. The number of carbonyl (C=O) groups excluding carboxylic acids is 1. The summed E-state index contributed by atoms with van der Waals surface area (Å²) >= 11 is 0. The van der Waals surface area contributed by atoms with Crippen molar-refractivity contribution in [3.8, 4) is 0 Å². The summed E-state index contributed by atoms with van der Waals surface area (Å²) in [6.45, 7) is 4.44. The van der Waals surface area contributed by atoms with Crippen LogP contribution in [0.2, 0.25) is 0 Å². The summed E-state index contributed by atoms with van der Waals surface area (Å²) in [5.74, 6) is 0.169. The lowest BCUT2D eigenvalue weighted by Gasteiger charge is -2.34. The van der Waals surface area contributed by atoms with Crippen molar-refractivity contribution in [3.63, 3.8) is 0 Å². The molecule has 0 bridgehead atoms. The maximum absolute atomic E-state index is 12.8. The average Bonchev–Trinajstić information content (AvgIpc) is 2.56. The fourth-order valence-electron chi connectivity index (χ4n) is 2.82. The Bertz CT molecular complexity index is 470. The Balaban J connectivity index is 1.71. The van der Waals surface area contributed by atoms with E-state index in [-0.39, 0.29) is 24.4 Å². The lowest BCUT2D eigenvalue weighted by atomic mass is 9.97. The van der Waals surface area contributed by atoms with Crippen LogP contribution in [0.1, 0.15) is 25.3 Å². The second-order valence-electron chi connectivity index (χ2n) is 6.01. The smallest absolute Gasteiger partial charge is 0.237 e. The predicted molar refractivity (Wildman–Crippen MR) is 84.0 cm³/mol. The number of hydrogen-bond donors (Lipinski definition) is 2. The van der Waals surface area contributed by atoms with E-state index in [9.17, 15) is 9.18 Å². The van der Waals surface area contributed by atoms with Crippen LogP contribution in [0, 0.1) is 11.7 Å². The van der Waals surface area contributed by atoms with Gasteiger partial charge in [-0.15, -0.1) is 0 Å². The molecule has 1 heterocycles. The highest BCUT2D eigenvalue weighted by molar-refractivity contribution is 5.81. The highest BCUT2D eigenvalue weighted by Crippen LogP contribution is 2.18. The quantitative estimate of drug-likeness (QED) is 0.839. The molecule has 0 spiro atoms. The number of halogens is 1. The molecular formula is C17H25FN2O2. The van der Waals surface area contributed by atoms with Crippen LogP contribution in [-0.2, 0) is 11.2 Å². The van der Waals surface area contributed by atoms with Crippen LogP contribution in [0.5, 0.6) is 0 Å². The summed E-state index contributed by atoms with van der Waals surface area (Å²) in [5, 5.41) is 12.1. The molecule has 0 aromatic heterocycles. The molecular weight excluding hydrogens is 283 g/mol. The van der Waals surface area contributed by atoms with Crippen molar-refractivity contribution < 1.29 is 14.3 Å². The van der Waals surface area contributed by atoms with E-state index in [2.05, 4.69) is 10.2 Å². The Morgan fingerprint density at radius 1 is 1.36 bits per heavy atom. The van der Waals surface area contributed by atoms with E-state index in [1.165, 1.54) is 12.1 Å². The lowest BCUT2D eigenvalue weighted by molar-refractivity contribution is -0.126. The van der Waals surface area contributed by atoms with E-state index in [1.807, 2.05) is 6.92 Å². The van der Waals surface area contributed by atoms with Gasteiger partial charge in [-0.05, 0) is 62.9 Å². The Morgan fingerprint density at radius 3 is 2.59 bits per heavy atom. The topological polar surface area (TPSA) is 52.6 Å². The van der Waals surface area contributed by atoms with Crippen molar-refractivity contribution in [3.05, 3.63) is 35.6 Å². The highest BCUT2D eigenvalue weighted by Gasteiger charge is 2.25. The van der Waals surface area contributed by atoms with Gasteiger partial charge in [0.1, 0.15) is 5.82 Å². The summed E-state index contributed by atoms with van der Waals surface area (Å²) < 4.78 is 12.8. The number of aliphatic hydroxyl groups excluding tert-OH is 1. The van der Waals surface area contributed by atoms with E-state index in [0.29, 0.717) is 18.9 Å². The minimum Gasteiger partial charge on any atom is -0.396 e. The van der Waals surface area contributed by atoms with Gasteiger partial charge < -0.3 is 10.4 Å². The summed E-state index contributed by atoms with van der Waals surface area (Å²) in [6.07, 6.45) is 2.60. The second kappa shape index (κ2) is 8.25. The number of aliphatic hydroxyl groups is 1. The molecule has 0 aliphatic carbocycles. The Kier molecular flexibility index (Phi) is 6.34. The van der Waals surface area contributed by atoms with Gasteiger partial charge in [-0.25, -0.2) is 4.39 Å². The SMILES string of the molecule is CC(C(=O)NCCc1ccc(F)cc1)N1CCC(CO)CC1. The molecule has 1 unspecified atom stereocenters. The maximum atomic E-state index is 12.8. The van der Waals surface area contributed by atoms with Gasteiger partial charge in [0.05, 0.1) is 6.04 Å². The van der Waals surface area contributed by atoms with Crippen molar-refractivity contribution in [2.45, 2.75) is 32.2 Å². The largest absolute Gasteiger partial charge is 0.396 e. The van der Waals surface area contributed by atoms with E-state index >= 15 is 0 Å². The zero-order chi connectivity index (χ0) is 15.9. The standard InChI is InChI=1S/C17H25FN2O2/c1-13(20-10-7-15(12-21)8-11-20)17(22)19-9-6-14-2-4-16(18)5-3-14/h2-5,13,15,21H,6-12H2,1H3,(H,19,22). The van der Waals surface area contributed by atoms with E-state index in [4.69, 9.17) is 5.11 Å². The van der Waals surface area contributed by atoms with Gasteiger partial charge in [0.2, 0.25) is 5.91 Å². The first-order valence-electron chi connectivity index (χ1n) is 7.97. The van der Waals surface area contributed by atoms with Crippen molar-refractivity contribution in [1.29, 1.82) is 0 Å². The van der Waals surface area contributed by atoms with Crippen LogP contribution in [0.4, 0.5) is 4.39 Å². The number of likely N-dealkylation sites (tertiary alicyclic amines) is 1. The fraction of sp³-hybridized carbons (Fsp3) is 0.588. The molecule has 2 rings (SSSR count). The Hall–Kier alpha value is -1.46. The van der Waals surface area contributed by atoms with Crippen LogP contribution in [-0.4, -0.2) is 48.2 Å². The van der Waals surface area contributed by atoms with Gasteiger partial charge in [-0.3, -0.25) is 9.69 Å². The van der Waals surface area contributed by atoms with Gasteiger partial charge in [0, 0.05) is 13.2 Å². The predicted octanol–water partition coefficient (Wildman–Crippen LogP) is 1.58. The Morgan fingerprint density at radius 2 is 2.00 bits per heavy atom. The first kappa shape index (κ1) is 16.9. The number of hydrogen-bond acceptors (Lipinski definition) is 3. The third kappa shape index (κ3) is 4.78. The molecule has 1 aromatic carbocycles. The van der Waals surface area contributed by atoms with Crippen LogP contribution in [0.15, 0.2) is 24.3 Å². The zero-order valence-electron chi connectivity index (χ0n) is 13.1. The number of nitrogens with one attached hydrogen (secondary N) is 1. The van der Waals surface area contributed by atoms with Gasteiger partial charge in [0.25, 0.3) is 0 Å². The van der Waals surface area contributed by atoms with Gasteiger partial charge >= 0.3 is 0 Å². The number of benzene rings is 1. The molecule has 22 heavy (non-hydrogen) atoms. The van der Waals surface area contributed by atoms with Crippen LogP contribution >= 0.6 is 0 Å². The number of carbonyl (C=O) groups is 1. The zero-order valence-corrected chi connectivity index (χ0v) is 13.1. The van der Waals surface area contributed by atoms with Gasteiger partial charge in [0.15, 0.2) is 0 Å². The third-order valence-corrected chi connectivity index (χ3v) is 4.46. The molecule has 0 radical (unpaired) electrons. The first-order chi connectivity index (χ1) is 10.6. The van der Waals surface area contributed by atoms with Crippen molar-refractivity contribution in [2.24, 2.45) is 5.92 Å². The van der Waals surface area contributed by atoms with Crippen molar-refractivity contribution in [1.82, 2.24) is 10.2 Å². The highest BCUT2D eigenvalue weighted by atomic mass is 19.1. The van der Waals surface area contributed by atoms with E-state index in [1.54, 1.807) is 12.1 Å². The fourth-order valence-corrected chi connectivity index (χ4v) is 2.82. The van der Waals surface area contributed by atoms with Gasteiger partial charge in [-0.2, -0.15) is 0 Å². The van der Waals surface area contributed by atoms with E-state index < -0.39 is 0 Å². The summed E-state index contributed by atoms with van der Waals surface area (Å²) in [7, 11) is 0. The third-order valence-electron chi connectivity index (χ3n) is 4.46. The number of rotatable bonds is 6. The lowest BCUT2D eigenvalue weighted by Crippen LogP contribution is -2.48. The molecule has 5 heteroatoms. The summed E-state index contributed by atoms with van der Waals surface area (Å²) in [4.78, 5) is 14.3. The molecule has 4 nitrogen and oxygen atoms in total. The van der Waals surface area contributed by atoms with Crippen molar-refractivity contribution >= 4 is 5.91 Å². The molecule has 1 fully saturated rings. The summed E-state index contributed by atoms with van der Waals surface area (Å²) in [6, 6.07) is 6.21. The monoisotopic (exact) mass is 308 g/mol. The Labute approximate surface area is 131 Å². The molecule has 2 N–H and O–H groups in total. The first-order valence-corrected chi connectivity index (χ1v) is 7.97. The summed E-state index contributed by atoms with van der Waals surface area (Å²) in [5.41, 5.74) is 1.01. The number of amides is 1. The average molecular weight is 308 g/mol. The van der Waals surface area contributed by atoms with Gasteiger partial charge in [-0.1, -0.05) is 12.1 Å². The molecule has 1 aliphatic rings. The maximum Gasteiger partial charge on any atom is 0.237 e. The number of piperidine rings is 1. The minimum absolute atomic E-state index is 0.0320. The molecule has 1 atom stereocenters. The normalized spacial score (nSPS) is 18.1. The van der Waals surface area contributed by atoms with E-state index in [0.717, 1.165) is 31.5 Å². The molecule has 1 aromatic rings. The van der Waals surface area contributed by atoms with Crippen LogP contribution < -0.4 is 5.32 Å². The molecule has 0 saturated carbocycles. The van der Waals surface area contributed by atoms with Crippen LogP contribution in [0.25, 0.3) is 0 Å². The minimum atomic E-state index is -0.243. The molecule has 122 valence electrons.